The zero-order valence-electron chi connectivity index (χ0n) is 9.84. The molecule has 0 aliphatic carbocycles. The highest BCUT2D eigenvalue weighted by Crippen LogP contribution is 2.34. The third-order valence-corrected chi connectivity index (χ3v) is 3.55. The molecule has 0 N–H and O–H groups in total. The Morgan fingerprint density at radius 2 is 2.00 bits per heavy atom. The maximum Gasteiger partial charge on any atom is 0.433 e. The Hall–Kier alpha value is -1.85. The molecule has 1 aliphatic heterocycles. The van der Waals surface area contributed by atoms with Crippen LogP contribution in [0.1, 0.15) is 27.8 Å². The van der Waals surface area contributed by atoms with Crippen LogP contribution in [0.25, 0.3) is 0 Å². The van der Waals surface area contributed by atoms with Gasteiger partial charge in [0.1, 0.15) is 16.1 Å². The smallest absolute Gasteiger partial charge is 0.404 e. The molecular formula is C13H10ClNO4. The summed E-state index contributed by atoms with van der Waals surface area (Å²) in [4.78, 5) is 10.00. The van der Waals surface area contributed by atoms with Crippen LogP contribution >= 0.6 is 11.6 Å². The van der Waals surface area contributed by atoms with Gasteiger partial charge in [-0.15, -0.1) is 11.6 Å². The molecule has 2 heterocycles. The van der Waals surface area contributed by atoms with E-state index in [4.69, 9.17) is 20.8 Å². The lowest BCUT2D eigenvalue weighted by Gasteiger charge is -2.08. The van der Waals surface area contributed by atoms with Gasteiger partial charge in [-0.25, -0.2) is 0 Å². The van der Waals surface area contributed by atoms with Crippen molar-refractivity contribution >= 4 is 17.5 Å². The van der Waals surface area contributed by atoms with E-state index in [1.807, 2.05) is 18.2 Å². The molecule has 1 atom stereocenters. The van der Waals surface area contributed by atoms with Gasteiger partial charge in [-0.3, -0.25) is 10.1 Å². The Balaban J connectivity index is 1.90. The maximum atomic E-state index is 10.6. The molecule has 2 aromatic rings. The highest BCUT2D eigenvalue weighted by Gasteiger charge is 2.21. The molecule has 1 aromatic carbocycles. The molecule has 0 amide bonds. The number of hydrogen-bond donors (Lipinski definition) is 0. The standard InChI is InChI=1S/C13H10ClNO4/c14-13(11-3-4-12(19-11)15(16)17)8-1-2-9-6-18-7-10(9)5-8/h1-5,13H,6-7H2. The van der Waals surface area contributed by atoms with E-state index in [1.54, 1.807) is 0 Å². The number of rotatable bonds is 3. The fraction of sp³-hybridized carbons (Fsp3) is 0.231. The number of fused-ring (bicyclic) bond motifs is 1. The number of benzene rings is 1. The minimum atomic E-state index is -0.580. The van der Waals surface area contributed by atoms with Crippen molar-refractivity contribution in [3.8, 4) is 0 Å². The van der Waals surface area contributed by atoms with E-state index in [0.717, 1.165) is 16.7 Å². The lowest BCUT2D eigenvalue weighted by atomic mass is 10.0. The molecule has 1 aliphatic rings. The Kier molecular flexibility index (Phi) is 3.00. The molecule has 1 aromatic heterocycles. The van der Waals surface area contributed by atoms with E-state index >= 15 is 0 Å². The molecule has 5 nitrogen and oxygen atoms in total. The molecule has 0 saturated carbocycles. The predicted octanol–water partition coefficient (Wildman–Crippen LogP) is 3.55. The van der Waals surface area contributed by atoms with Crippen molar-refractivity contribution in [1.82, 2.24) is 0 Å². The van der Waals surface area contributed by atoms with E-state index in [9.17, 15) is 10.1 Å². The topological polar surface area (TPSA) is 65.5 Å². The van der Waals surface area contributed by atoms with E-state index in [0.29, 0.717) is 19.0 Å². The van der Waals surface area contributed by atoms with E-state index < -0.39 is 10.3 Å². The fourth-order valence-corrected chi connectivity index (χ4v) is 2.34. The molecule has 0 saturated heterocycles. The van der Waals surface area contributed by atoms with Crippen molar-refractivity contribution < 1.29 is 14.1 Å². The molecular weight excluding hydrogens is 270 g/mol. The summed E-state index contributed by atoms with van der Waals surface area (Å²) in [7, 11) is 0. The summed E-state index contributed by atoms with van der Waals surface area (Å²) in [6, 6.07) is 8.64. The van der Waals surface area contributed by atoms with Crippen molar-refractivity contribution in [3.63, 3.8) is 0 Å². The van der Waals surface area contributed by atoms with Gasteiger partial charge in [-0.2, -0.15) is 0 Å². The van der Waals surface area contributed by atoms with Crippen LogP contribution in [0.5, 0.6) is 0 Å². The summed E-state index contributed by atoms with van der Waals surface area (Å²) < 4.78 is 10.5. The van der Waals surface area contributed by atoms with Crippen LogP contribution in [0, 0.1) is 10.1 Å². The summed E-state index contributed by atoms with van der Waals surface area (Å²) in [5.41, 5.74) is 3.09. The number of halogens is 1. The van der Waals surface area contributed by atoms with Gasteiger partial charge in [0.2, 0.25) is 0 Å². The largest absolute Gasteiger partial charge is 0.433 e. The van der Waals surface area contributed by atoms with Crippen LogP contribution in [-0.4, -0.2) is 4.92 Å². The summed E-state index contributed by atoms with van der Waals surface area (Å²) in [6.45, 7) is 1.19. The van der Waals surface area contributed by atoms with Gasteiger partial charge >= 0.3 is 5.88 Å². The normalized spacial score (nSPS) is 15.2. The number of nitro groups is 1. The zero-order valence-corrected chi connectivity index (χ0v) is 10.6. The van der Waals surface area contributed by atoms with Crippen molar-refractivity contribution in [2.45, 2.75) is 18.6 Å². The molecule has 19 heavy (non-hydrogen) atoms. The Bertz CT molecular complexity index is 637. The van der Waals surface area contributed by atoms with Gasteiger partial charge in [-0.1, -0.05) is 18.2 Å². The molecule has 3 rings (SSSR count). The second-order valence-electron chi connectivity index (χ2n) is 4.32. The van der Waals surface area contributed by atoms with Gasteiger partial charge in [0, 0.05) is 0 Å². The number of alkyl halides is 1. The quantitative estimate of drug-likeness (QED) is 0.489. The number of ether oxygens (including phenoxy) is 1. The van der Waals surface area contributed by atoms with Crippen molar-refractivity contribution in [2.75, 3.05) is 0 Å². The second kappa shape index (κ2) is 4.68. The van der Waals surface area contributed by atoms with Gasteiger partial charge in [0.15, 0.2) is 0 Å². The highest BCUT2D eigenvalue weighted by atomic mass is 35.5. The Morgan fingerprint density at radius 3 is 2.74 bits per heavy atom. The van der Waals surface area contributed by atoms with E-state index in [-0.39, 0.29) is 5.88 Å². The maximum absolute atomic E-state index is 10.6. The van der Waals surface area contributed by atoms with Crippen LogP contribution in [0.4, 0.5) is 5.88 Å². The van der Waals surface area contributed by atoms with E-state index in [1.165, 1.54) is 12.1 Å². The molecule has 0 radical (unpaired) electrons. The van der Waals surface area contributed by atoms with Crippen LogP contribution < -0.4 is 0 Å². The SMILES string of the molecule is O=[N+]([O-])c1ccc(C(Cl)c2ccc3c(c2)COC3)o1. The van der Waals surface area contributed by atoms with Crippen LogP contribution in [0.15, 0.2) is 34.7 Å². The lowest BCUT2D eigenvalue weighted by Crippen LogP contribution is -1.94. The summed E-state index contributed by atoms with van der Waals surface area (Å²) in [5.74, 6) is 0.0670. The third kappa shape index (κ3) is 2.22. The molecule has 6 heteroatoms. The van der Waals surface area contributed by atoms with Gasteiger partial charge in [0.25, 0.3) is 0 Å². The number of nitrogens with zero attached hydrogens (tertiary/aromatic N) is 1. The van der Waals surface area contributed by atoms with Crippen LogP contribution in [0.3, 0.4) is 0 Å². The molecule has 98 valence electrons. The van der Waals surface area contributed by atoms with Crippen molar-refractivity contribution in [3.05, 3.63) is 62.9 Å². The monoisotopic (exact) mass is 279 g/mol. The lowest BCUT2D eigenvalue weighted by molar-refractivity contribution is -0.402. The average molecular weight is 280 g/mol. The van der Waals surface area contributed by atoms with Crippen molar-refractivity contribution in [1.29, 1.82) is 0 Å². The Labute approximate surface area is 113 Å². The number of hydrogen-bond acceptors (Lipinski definition) is 4. The molecule has 0 spiro atoms. The minimum Gasteiger partial charge on any atom is -0.404 e. The zero-order chi connectivity index (χ0) is 13.4. The molecule has 0 fully saturated rings. The first kappa shape index (κ1) is 12.2. The van der Waals surface area contributed by atoms with Gasteiger partial charge in [0.05, 0.1) is 19.3 Å². The first-order chi connectivity index (χ1) is 9.15. The summed E-state index contributed by atoms with van der Waals surface area (Å²) in [5, 5.41) is 10.0. The van der Waals surface area contributed by atoms with Crippen LogP contribution in [0.2, 0.25) is 0 Å². The number of furan rings is 1. The summed E-state index contributed by atoms with van der Waals surface area (Å²) >= 11 is 6.29. The van der Waals surface area contributed by atoms with Crippen LogP contribution in [-0.2, 0) is 18.0 Å². The highest BCUT2D eigenvalue weighted by molar-refractivity contribution is 6.22. The molecule has 1 unspecified atom stereocenters. The van der Waals surface area contributed by atoms with Crippen molar-refractivity contribution in [2.24, 2.45) is 0 Å². The first-order valence-electron chi connectivity index (χ1n) is 5.73. The average Bonchev–Trinajstić information content (AvgIpc) is 3.06. The third-order valence-electron chi connectivity index (χ3n) is 3.08. The summed E-state index contributed by atoms with van der Waals surface area (Å²) in [6.07, 6.45) is 0. The van der Waals surface area contributed by atoms with Gasteiger partial charge in [-0.05, 0) is 22.8 Å². The first-order valence-corrected chi connectivity index (χ1v) is 6.16. The fourth-order valence-electron chi connectivity index (χ4n) is 2.09. The molecule has 0 bridgehead atoms. The second-order valence-corrected chi connectivity index (χ2v) is 4.75. The minimum absolute atomic E-state index is 0.301. The van der Waals surface area contributed by atoms with Gasteiger partial charge < -0.3 is 9.15 Å². The van der Waals surface area contributed by atoms with E-state index in [2.05, 4.69) is 0 Å². The Morgan fingerprint density at radius 1 is 1.21 bits per heavy atom. The predicted molar refractivity (Wildman–Crippen MR) is 68.0 cm³/mol.